The number of methoxy groups -OCH3 is 1. The Bertz CT molecular complexity index is 1450. The Morgan fingerprint density at radius 2 is 1.97 bits per heavy atom. The molecule has 0 bridgehead atoms. The van der Waals surface area contributed by atoms with Crippen molar-refractivity contribution < 1.29 is 14.6 Å². The van der Waals surface area contributed by atoms with Crippen molar-refractivity contribution in [3.05, 3.63) is 58.4 Å². The number of aliphatic hydroxyl groups is 1. The van der Waals surface area contributed by atoms with Gasteiger partial charge in [-0.25, -0.2) is 24.0 Å². The Morgan fingerprint density at radius 3 is 2.69 bits per heavy atom. The van der Waals surface area contributed by atoms with Crippen molar-refractivity contribution in [1.29, 1.82) is 0 Å². The van der Waals surface area contributed by atoms with E-state index < -0.39 is 18.2 Å². The van der Waals surface area contributed by atoms with Gasteiger partial charge in [-0.15, -0.1) is 0 Å². The Hall–Kier alpha value is -3.69. The first-order valence-electron chi connectivity index (χ1n) is 10.3. The summed E-state index contributed by atoms with van der Waals surface area (Å²) in [5, 5.41) is 23.7. The van der Waals surface area contributed by atoms with Crippen LogP contribution in [0.2, 0.25) is 10.2 Å². The van der Waals surface area contributed by atoms with Crippen LogP contribution in [0.25, 0.3) is 11.5 Å². The molecule has 0 aliphatic carbocycles. The number of anilines is 2. The van der Waals surface area contributed by atoms with Crippen LogP contribution in [-0.4, -0.2) is 53.7 Å². The standard InChI is InChI=1S/C22H20Cl2N8O3/c1-12(33)4-5-14-6-7-31(29-14)21-16(23)8-15(10-26-21)27-22(34)28-17-11-25-19-9-18(24)30-32(19)20(17)13(2)35-3/h6-13,33H,1-3H3,(H2,27,28,34)/t12-,13-/m0/s1. The number of carbonyl (C=O) groups excluding carboxylic acids is 1. The van der Waals surface area contributed by atoms with Crippen LogP contribution in [0.15, 0.2) is 36.8 Å². The number of urea groups is 1. The van der Waals surface area contributed by atoms with Gasteiger partial charge in [-0.05, 0) is 31.9 Å². The third-order valence-corrected chi connectivity index (χ3v) is 5.24. The highest BCUT2D eigenvalue weighted by molar-refractivity contribution is 6.32. The molecule has 0 radical (unpaired) electrons. The Morgan fingerprint density at radius 1 is 1.17 bits per heavy atom. The number of ether oxygens (including phenoxy) is 1. The van der Waals surface area contributed by atoms with E-state index in [0.717, 1.165) is 0 Å². The third kappa shape index (κ3) is 5.52. The molecule has 0 unspecified atom stereocenters. The summed E-state index contributed by atoms with van der Waals surface area (Å²) in [7, 11) is 1.55. The van der Waals surface area contributed by atoms with Gasteiger partial charge in [0, 0.05) is 19.4 Å². The van der Waals surface area contributed by atoms with Crippen molar-refractivity contribution in [3.8, 4) is 17.7 Å². The third-order valence-electron chi connectivity index (χ3n) is 4.77. The lowest BCUT2D eigenvalue weighted by molar-refractivity contribution is 0.114. The minimum atomic E-state index is -0.762. The van der Waals surface area contributed by atoms with Crippen LogP contribution in [0.4, 0.5) is 16.2 Å². The maximum Gasteiger partial charge on any atom is 0.323 e. The average molecular weight is 515 g/mol. The van der Waals surface area contributed by atoms with Crippen molar-refractivity contribution in [2.75, 3.05) is 17.7 Å². The SMILES string of the molecule is CO[C@@H](C)c1c(NC(=O)Nc2cnc(-n3ccc(C#C[C@H](C)O)n3)c(Cl)c2)cnc2cc(Cl)nn12. The maximum atomic E-state index is 12.7. The van der Waals surface area contributed by atoms with Crippen LogP contribution in [0.3, 0.4) is 0 Å². The summed E-state index contributed by atoms with van der Waals surface area (Å²) in [4.78, 5) is 21.3. The number of nitrogens with zero attached hydrogens (tertiary/aromatic N) is 6. The number of pyridine rings is 1. The van der Waals surface area contributed by atoms with Crippen molar-refractivity contribution in [3.63, 3.8) is 0 Å². The lowest BCUT2D eigenvalue weighted by atomic mass is 10.2. The number of hydrogen-bond donors (Lipinski definition) is 3. The molecule has 0 fully saturated rings. The first-order chi connectivity index (χ1) is 16.7. The molecule has 180 valence electrons. The molecular weight excluding hydrogens is 495 g/mol. The molecule has 3 N–H and O–H groups in total. The molecule has 4 heterocycles. The predicted molar refractivity (Wildman–Crippen MR) is 131 cm³/mol. The summed E-state index contributed by atoms with van der Waals surface area (Å²) >= 11 is 12.4. The largest absolute Gasteiger partial charge is 0.381 e. The van der Waals surface area contributed by atoms with E-state index in [9.17, 15) is 9.90 Å². The molecule has 13 heteroatoms. The van der Waals surface area contributed by atoms with Crippen LogP contribution in [0.1, 0.15) is 31.3 Å². The molecule has 0 aromatic carbocycles. The fourth-order valence-electron chi connectivity index (χ4n) is 3.16. The summed E-state index contributed by atoms with van der Waals surface area (Å²) < 4.78 is 8.40. The lowest BCUT2D eigenvalue weighted by Crippen LogP contribution is -2.22. The minimum absolute atomic E-state index is 0.254. The molecule has 2 amide bonds. The monoisotopic (exact) mass is 514 g/mol. The van der Waals surface area contributed by atoms with E-state index in [1.54, 1.807) is 38.4 Å². The second-order valence-corrected chi connectivity index (χ2v) is 8.17. The molecule has 11 nitrogen and oxygen atoms in total. The zero-order valence-corrected chi connectivity index (χ0v) is 20.3. The predicted octanol–water partition coefficient (Wildman–Crippen LogP) is 3.70. The molecule has 4 aromatic rings. The van der Waals surface area contributed by atoms with Gasteiger partial charge < -0.3 is 20.5 Å². The minimum Gasteiger partial charge on any atom is -0.381 e. The van der Waals surface area contributed by atoms with E-state index in [-0.39, 0.29) is 10.2 Å². The van der Waals surface area contributed by atoms with Crippen LogP contribution >= 0.6 is 23.2 Å². The van der Waals surface area contributed by atoms with Gasteiger partial charge in [0.25, 0.3) is 0 Å². The Labute approximate surface area is 210 Å². The summed E-state index contributed by atoms with van der Waals surface area (Å²) in [6.07, 6.45) is 3.41. The second-order valence-electron chi connectivity index (χ2n) is 7.37. The van der Waals surface area contributed by atoms with Crippen LogP contribution in [-0.2, 0) is 4.74 Å². The lowest BCUT2D eigenvalue weighted by Gasteiger charge is -2.17. The summed E-state index contributed by atoms with van der Waals surface area (Å²) in [5.74, 6) is 5.71. The fraction of sp³-hybridized carbons (Fsp3) is 0.227. The first-order valence-corrected chi connectivity index (χ1v) is 11.1. The van der Waals surface area contributed by atoms with E-state index >= 15 is 0 Å². The van der Waals surface area contributed by atoms with E-state index in [1.165, 1.54) is 21.6 Å². The average Bonchev–Trinajstić information content (AvgIpc) is 3.43. The van der Waals surface area contributed by atoms with Crippen molar-refractivity contribution >= 4 is 46.3 Å². The van der Waals surface area contributed by atoms with Crippen molar-refractivity contribution in [2.45, 2.75) is 26.1 Å². The molecule has 2 atom stereocenters. The van der Waals surface area contributed by atoms with Crippen molar-refractivity contribution in [2.24, 2.45) is 0 Å². The zero-order valence-electron chi connectivity index (χ0n) is 18.8. The van der Waals surface area contributed by atoms with Gasteiger partial charge in [-0.3, -0.25) is 0 Å². The van der Waals surface area contributed by atoms with Gasteiger partial charge in [0.1, 0.15) is 11.8 Å². The molecule has 4 rings (SSSR count). The van der Waals surface area contributed by atoms with Crippen LogP contribution in [0.5, 0.6) is 0 Å². The second kappa shape index (κ2) is 10.3. The van der Waals surface area contributed by atoms with Gasteiger partial charge >= 0.3 is 6.03 Å². The number of hydrogen-bond acceptors (Lipinski definition) is 7. The van der Waals surface area contributed by atoms with E-state index in [1.807, 2.05) is 6.92 Å². The highest BCUT2D eigenvalue weighted by Gasteiger charge is 2.19. The Kier molecular flexibility index (Phi) is 7.18. The topological polar surface area (TPSA) is 131 Å². The van der Waals surface area contributed by atoms with Gasteiger partial charge in [0.05, 0.1) is 40.6 Å². The van der Waals surface area contributed by atoms with E-state index in [2.05, 4.69) is 42.6 Å². The zero-order chi connectivity index (χ0) is 25.1. The number of rotatable bonds is 5. The molecule has 35 heavy (non-hydrogen) atoms. The number of amides is 2. The summed E-state index contributed by atoms with van der Waals surface area (Å²) in [6, 6.07) is 4.27. The quantitative estimate of drug-likeness (QED) is 0.346. The summed E-state index contributed by atoms with van der Waals surface area (Å²) in [5.41, 5.74) is 2.29. The number of aromatic nitrogens is 6. The Balaban J connectivity index is 1.52. The van der Waals surface area contributed by atoms with E-state index in [4.69, 9.17) is 27.9 Å². The number of nitrogens with one attached hydrogen (secondary N) is 2. The number of halogens is 2. The molecule has 4 aromatic heterocycles. The molecule has 0 aliphatic heterocycles. The maximum absolute atomic E-state index is 12.7. The number of fused-ring (bicyclic) bond motifs is 1. The van der Waals surface area contributed by atoms with Crippen molar-refractivity contribution in [1.82, 2.24) is 29.4 Å². The van der Waals surface area contributed by atoms with Gasteiger partial charge in [0.2, 0.25) is 0 Å². The van der Waals surface area contributed by atoms with Gasteiger partial charge in [-0.1, -0.05) is 29.1 Å². The summed E-state index contributed by atoms with van der Waals surface area (Å²) in [6.45, 7) is 3.37. The number of aliphatic hydroxyl groups excluding tert-OH is 1. The molecule has 0 saturated carbocycles. The molecule has 0 spiro atoms. The smallest absolute Gasteiger partial charge is 0.323 e. The van der Waals surface area contributed by atoms with Gasteiger partial charge in [0.15, 0.2) is 16.6 Å². The highest BCUT2D eigenvalue weighted by Crippen LogP contribution is 2.27. The first kappa shape index (κ1) is 24.4. The highest BCUT2D eigenvalue weighted by atomic mass is 35.5. The molecular formula is C22H20Cl2N8O3. The molecule has 0 aliphatic rings. The van der Waals surface area contributed by atoms with E-state index in [0.29, 0.717) is 34.2 Å². The van der Waals surface area contributed by atoms with Crippen LogP contribution in [0, 0.1) is 11.8 Å². The normalized spacial score (nSPS) is 12.6. The van der Waals surface area contributed by atoms with Gasteiger partial charge in [-0.2, -0.15) is 10.2 Å². The number of carbonyl (C=O) groups is 1. The molecule has 0 saturated heterocycles. The van der Waals surface area contributed by atoms with Crippen LogP contribution < -0.4 is 10.6 Å². The fourth-order valence-corrected chi connectivity index (χ4v) is 3.59.